The summed E-state index contributed by atoms with van der Waals surface area (Å²) in [6.45, 7) is 0.543. The van der Waals surface area contributed by atoms with Crippen LogP contribution in [0.4, 0.5) is 11.4 Å². The highest BCUT2D eigenvalue weighted by Gasteiger charge is 2.27. The summed E-state index contributed by atoms with van der Waals surface area (Å²) in [5, 5.41) is 6.48. The summed E-state index contributed by atoms with van der Waals surface area (Å²) in [6, 6.07) is 18.3. The number of esters is 1. The number of hydrazone groups is 1. The first-order valence-electron chi connectivity index (χ1n) is 11.8. The molecule has 0 heterocycles. The fourth-order valence-electron chi connectivity index (χ4n) is 3.30. The van der Waals surface area contributed by atoms with E-state index in [9.17, 15) is 22.8 Å². The highest BCUT2D eigenvalue weighted by molar-refractivity contribution is 7.92. The minimum absolute atomic E-state index is 0.0803. The molecule has 0 aliphatic rings. The van der Waals surface area contributed by atoms with Crippen molar-refractivity contribution in [2.24, 2.45) is 5.10 Å². The van der Waals surface area contributed by atoms with E-state index in [0.29, 0.717) is 22.7 Å². The van der Waals surface area contributed by atoms with Gasteiger partial charge in [0.15, 0.2) is 6.61 Å². The van der Waals surface area contributed by atoms with Crippen LogP contribution < -0.4 is 24.5 Å². The van der Waals surface area contributed by atoms with Gasteiger partial charge in [-0.05, 0) is 78.4 Å². The zero-order valence-electron chi connectivity index (χ0n) is 22.0. The molecule has 0 unspecified atom stereocenters. The van der Waals surface area contributed by atoms with Crippen LogP contribution in [0.1, 0.15) is 12.5 Å². The van der Waals surface area contributed by atoms with Gasteiger partial charge in [0.05, 0.1) is 31.0 Å². The molecular weight excluding hydrogens is 540 g/mol. The molecule has 0 saturated carbocycles. The Kier molecular flexibility index (Phi) is 10.2. The van der Waals surface area contributed by atoms with Crippen molar-refractivity contribution in [2.45, 2.75) is 11.8 Å². The molecule has 3 rings (SSSR count). The Morgan fingerprint density at radius 2 is 1.52 bits per heavy atom. The summed E-state index contributed by atoms with van der Waals surface area (Å²) in [6.07, 6.45) is 1.37. The largest absolute Gasteiger partial charge is 0.497 e. The van der Waals surface area contributed by atoms with Crippen LogP contribution in [0.2, 0.25) is 0 Å². The zero-order chi connectivity index (χ0) is 29.1. The van der Waals surface area contributed by atoms with E-state index in [1.165, 1.54) is 63.8 Å². The number of hydrogen-bond acceptors (Lipinski definition) is 9. The lowest BCUT2D eigenvalue weighted by Crippen LogP contribution is -2.39. The second kappa shape index (κ2) is 13.8. The second-order valence-corrected chi connectivity index (χ2v) is 10.0. The van der Waals surface area contributed by atoms with E-state index in [-0.39, 0.29) is 23.1 Å². The van der Waals surface area contributed by atoms with Gasteiger partial charge >= 0.3 is 5.97 Å². The number of rotatable bonds is 12. The van der Waals surface area contributed by atoms with Crippen LogP contribution in [-0.2, 0) is 29.1 Å². The van der Waals surface area contributed by atoms with Crippen LogP contribution in [0, 0.1) is 0 Å². The molecule has 3 aromatic carbocycles. The van der Waals surface area contributed by atoms with Crippen LogP contribution in [0.15, 0.2) is 82.8 Å². The number of ether oxygens (including phenoxy) is 3. The SMILES string of the molecule is COC(=O)COc1ccc(/C=N\NC(=O)CN(c2ccc(OC)cc2)S(=O)(=O)c2ccc(NC(C)=O)cc2)cc1. The number of amides is 2. The molecule has 0 aliphatic heterocycles. The predicted octanol–water partition coefficient (Wildman–Crippen LogP) is 2.55. The van der Waals surface area contributed by atoms with Crippen LogP contribution >= 0.6 is 0 Å². The number of anilines is 2. The molecule has 210 valence electrons. The Morgan fingerprint density at radius 1 is 0.900 bits per heavy atom. The minimum Gasteiger partial charge on any atom is -0.497 e. The van der Waals surface area contributed by atoms with Crippen LogP contribution in [0.25, 0.3) is 0 Å². The molecule has 0 aromatic heterocycles. The maximum atomic E-state index is 13.5. The fourth-order valence-corrected chi connectivity index (χ4v) is 4.72. The molecule has 0 bridgehead atoms. The highest BCUT2D eigenvalue weighted by Crippen LogP contribution is 2.26. The van der Waals surface area contributed by atoms with Crippen molar-refractivity contribution in [3.05, 3.63) is 78.4 Å². The van der Waals surface area contributed by atoms with E-state index in [2.05, 4.69) is 20.6 Å². The van der Waals surface area contributed by atoms with E-state index in [1.807, 2.05) is 0 Å². The number of methoxy groups -OCH3 is 2. The number of carbonyl (C=O) groups excluding carboxylic acids is 3. The molecule has 0 saturated heterocycles. The number of sulfonamides is 1. The Hall–Kier alpha value is -4.91. The smallest absolute Gasteiger partial charge is 0.343 e. The van der Waals surface area contributed by atoms with Gasteiger partial charge in [-0.25, -0.2) is 18.6 Å². The van der Waals surface area contributed by atoms with Gasteiger partial charge in [-0.2, -0.15) is 5.10 Å². The zero-order valence-corrected chi connectivity index (χ0v) is 22.8. The van der Waals surface area contributed by atoms with Crippen molar-refractivity contribution >= 4 is 45.4 Å². The quantitative estimate of drug-likeness (QED) is 0.192. The lowest BCUT2D eigenvalue weighted by Gasteiger charge is -2.24. The van der Waals surface area contributed by atoms with Gasteiger partial charge in [0, 0.05) is 12.6 Å². The molecule has 0 atom stereocenters. The highest BCUT2D eigenvalue weighted by atomic mass is 32.2. The Labute approximate surface area is 231 Å². The first kappa shape index (κ1) is 29.6. The third-order valence-corrected chi connectivity index (χ3v) is 7.07. The average Bonchev–Trinajstić information content (AvgIpc) is 2.95. The first-order valence-corrected chi connectivity index (χ1v) is 13.2. The first-order chi connectivity index (χ1) is 19.1. The Bertz CT molecular complexity index is 1460. The molecule has 3 aromatic rings. The summed E-state index contributed by atoms with van der Waals surface area (Å²) >= 11 is 0. The van der Waals surface area contributed by atoms with Gasteiger partial charge in [0.1, 0.15) is 18.0 Å². The maximum Gasteiger partial charge on any atom is 0.343 e. The molecule has 0 radical (unpaired) electrons. The van der Waals surface area contributed by atoms with Gasteiger partial charge in [-0.15, -0.1) is 0 Å². The second-order valence-electron chi connectivity index (χ2n) is 8.14. The maximum absolute atomic E-state index is 13.5. The molecule has 0 spiro atoms. The van der Waals surface area contributed by atoms with E-state index in [4.69, 9.17) is 9.47 Å². The van der Waals surface area contributed by atoms with E-state index < -0.39 is 28.4 Å². The lowest BCUT2D eigenvalue weighted by molar-refractivity contribution is -0.142. The third-order valence-electron chi connectivity index (χ3n) is 5.28. The van der Waals surface area contributed by atoms with Crippen molar-refractivity contribution in [2.75, 3.05) is 37.0 Å². The molecular formula is C27H28N4O8S. The number of nitrogens with zero attached hydrogens (tertiary/aromatic N) is 2. The number of nitrogens with one attached hydrogen (secondary N) is 2. The summed E-state index contributed by atoms with van der Waals surface area (Å²) in [4.78, 5) is 35.1. The molecule has 2 N–H and O–H groups in total. The molecule has 2 amide bonds. The minimum atomic E-state index is -4.19. The molecule has 12 nitrogen and oxygen atoms in total. The molecule has 0 aliphatic carbocycles. The van der Waals surface area contributed by atoms with E-state index in [1.54, 1.807) is 36.4 Å². The van der Waals surface area contributed by atoms with Crippen molar-refractivity contribution in [3.8, 4) is 11.5 Å². The summed E-state index contributed by atoms with van der Waals surface area (Å²) in [5.74, 6) is -0.548. The summed E-state index contributed by atoms with van der Waals surface area (Å²) < 4.78 is 43.0. The number of benzene rings is 3. The lowest BCUT2D eigenvalue weighted by atomic mass is 10.2. The summed E-state index contributed by atoms with van der Waals surface area (Å²) in [5.41, 5.74) is 3.60. The van der Waals surface area contributed by atoms with Gasteiger partial charge in [-0.1, -0.05) is 0 Å². The topological polar surface area (TPSA) is 153 Å². The van der Waals surface area contributed by atoms with E-state index >= 15 is 0 Å². The van der Waals surface area contributed by atoms with Crippen LogP contribution in [0.5, 0.6) is 11.5 Å². The summed E-state index contributed by atoms with van der Waals surface area (Å²) in [7, 11) is -1.45. The standard InChI is InChI=1S/C27H28N4O8S/c1-19(32)29-21-6-14-25(15-7-21)40(35,36)31(22-8-12-23(37-2)13-9-22)17-26(33)30-28-16-20-4-10-24(11-5-20)39-18-27(34)38-3/h4-16H,17-18H2,1-3H3,(H,29,32)(H,30,33)/b28-16-. The Balaban J connectivity index is 1.74. The fraction of sp³-hybridized carbons (Fsp3) is 0.185. The van der Waals surface area contributed by atoms with Crippen LogP contribution in [-0.4, -0.2) is 59.8 Å². The molecule has 13 heteroatoms. The average molecular weight is 569 g/mol. The van der Waals surface area contributed by atoms with Crippen molar-refractivity contribution in [1.29, 1.82) is 0 Å². The number of carbonyl (C=O) groups is 3. The third kappa shape index (κ3) is 8.30. The van der Waals surface area contributed by atoms with Gasteiger partial charge < -0.3 is 19.5 Å². The van der Waals surface area contributed by atoms with Crippen molar-refractivity contribution in [3.63, 3.8) is 0 Å². The van der Waals surface area contributed by atoms with Crippen molar-refractivity contribution in [1.82, 2.24) is 5.43 Å². The van der Waals surface area contributed by atoms with Gasteiger partial charge in [-0.3, -0.25) is 13.9 Å². The van der Waals surface area contributed by atoms with E-state index in [0.717, 1.165) is 4.31 Å². The van der Waals surface area contributed by atoms with Crippen LogP contribution in [0.3, 0.4) is 0 Å². The van der Waals surface area contributed by atoms with Gasteiger partial charge in [0.25, 0.3) is 15.9 Å². The molecule has 40 heavy (non-hydrogen) atoms. The van der Waals surface area contributed by atoms with Gasteiger partial charge in [0.2, 0.25) is 5.91 Å². The van der Waals surface area contributed by atoms with Crippen molar-refractivity contribution < 1.29 is 37.0 Å². The molecule has 0 fully saturated rings. The number of hydrogen-bond donors (Lipinski definition) is 2. The predicted molar refractivity (Wildman–Crippen MR) is 148 cm³/mol. The Morgan fingerprint density at radius 3 is 2.10 bits per heavy atom. The monoisotopic (exact) mass is 568 g/mol. The normalized spacial score (nSPS) is 11.0.